The van der Waals surface area contributed by atoms with E-state index in [2.05, 4.69) is 44.9 Å². The maximum atomic E-state index is 4.38. The van der Waals surface area contributed by atoms with Crippen molar-refractivity contribution in [2.45, 2.75) is 25.8 Å². The van der Waals surface area contributed by atoms with Crippen LogP contribution in [0.5, 0.6) is 0 Å². The molecule has 6 heteroatoms. The minimum absolute atomic E-state index is 0.278. The normalized spacial score (nSPS) is 12.7. The second-order valence-corrected chi connectivity index (χ2v) is 5.32. The highest BCUT2D eigenvalue weighted by Crippen LogP contribution is 2.27. The molecule has 0 radical (unpaired) electrons. The van der Waals surface area contributed by atoms with Gasteiger partial charge in [-0.25, -0.2) is 4.98 Å². The Morgan fingerprint density at radius 3 is 3.21 bits per heavy atom. The lowest BCUT2D eigenvalue weighted by Crippen LogP contribution is -2.11. The number of hydrogen-bond acceptors (Lipinski definition) is 5. The molecule has 1 N–H and O–H groups in total. The summed E-state index contributed by atoms with van der Waals surface area (Å²) >= 11 is 1.76. The largest absolute Gasteiger partial charge is 0.359 e. The summed E-state index contributed by atoms with van der Waals surface area (Å²) < 4.78 is 1.87. The van der Waals surface area contributed by atoms with E-state index in [1.54, 1.807) is 23.9 Å². The summed E-state index contributed by atoms with van der Waals surface area (Å²) in [7, 11) is 0. The average Bonchev–Trinajstić information content (AvgIpc) is 3.10. The Morgan fingerprint density at radius 2 is 2.42 bits per heavy atom. The first kappa shape index (κ1) is 12.1. The third kappa shape index (κ3) is 2.44. The van der Waals surface area contributed by atoms with Crippen molar-refractivity contribution in [2.24, 2.45) is 0 Å². The molecule has 3 aromatic heterocycles. The van der Waals surface area contributed by atoms with Crippen molar-refractivity contribution < 1.29 is 0 Å². The second kappa shape index (κ2) is 5.36. The number of nitrogens with zero attached hydrogens (tertiary/aromatic N) is 4. The molecule has 3 aromatic rings. The fraction of sp³-hybridized carbons (Fsp3) is 0.308. The topological polar surface area (TPSA) is 55.1 Å². The molecule has 1 unspecified atom stereocenters. The molecule has 5 nitrogen and oxygen atoms in total. The van der Waals surface area contributed by atoms with Crippen LogP contribution in [-0.2, 0) is 0 Å². The van der Waals surface area contributed by atoms with Gasteiger partial charge in [0.15, 0.2) is 5.82 Å². The van der Waals surface area contributed by atoms with Crippen molar-refractivity contribution in [2.75, 3.05) is 5.32 Å². The highest BCUT2D eigenvalue weighted by Gasteiger charge is 2.14. The van der Waals surface area contributed by atoms with E-state index in [4.69, 9.17) is 0 Å². The van der Waals surface area contributed by atoms with Gasteiger partial charge in [-0.3, -0.25) is 4.40 Å². The van der Waals surface area contributed by atoms with Crippen molar-refractivity contribution in [3.8, 4) is 0 Å². The van der Waals surface area contributed by atoms with Gasteiger partial charge < -0.3 is 5.32 Å². The minimum atomic E-state index is 0.278. The first-order valence-corrected chi connectivity index (χ1v) is 7.20. The van der Waals surface area contributed by atoms with E-state index in [1.807, 2.05) is 10.6 Å². The fourth-order valence-electron chi connectivity index (χ4n) is 2.09. The van der Waals surface area contributed by atoms with Crippen molar-refractivity contribution >= 4 is 22.8 Å². The molecule has 98 valence electrons. The second-order valence-electron chi connectivity index (χ2n) is 4.34. The first-order chi connectivity index (χ1) is 9.38. The van der Waals surface area contributed by atoms with Gasteiger partial charge in [0.25, 0.3) is 0 Å². The molecule has 1 atom stereocenters. The Morgan fingerprint density at radius 1 is 1.47 bits per heavy atom. The SMILES string of the molecule is CCCC(Nc1nccn2cnnc12)c1cccs1. The Balaban J connectivity index is 1.91. The lowest BCUT2D eigenvalue weighted by atomic mass is 10.1. The van der Waals surface area contributed by atoms with Crippen LogP contribution in [0.3, 0.4) is 0 Å². The molecule has 0 aromatic carbocycles. The molecule has 0 aliphatic carbocycles. The van der Waals surface area contributed by atoms with Gasteiger partial charge >= 0.3 is 0 Å². The summed E-state index contributed by atoms with van der Waals surface area (Å²) in [5.74, 6) is 0.784. The quantitative estimate of drug-likeness (QED) is 0.776. The Kier molecular flexibility index (Phi) is 3.41. The van der Waals surface area contributed by atoms with E-state index in [9.17, 15) is 0 Å². The van der Waals surface area contributed by atoms with Crippen LogP contribution in [0.25, 0.3) is 5.65 Å². The van der Waals surface area contributed by atoms with E-state index in [0.29, 0.717) is 0 Å². The highest BCUT2D eigenvalue weighted by molar-refractivity contribution is 7.10. The standard InChI is InChI=1S/C13H15N5S/c1-2-4-10(11-5-3-8-19-11)16-12-13-17-15-9-18(13)7-6-14-12/h3,5-10H,2,4H2,1H3,(H,14,16). The van der Waals surface area contributed by atoms with E-state index >= 15 is 0 Å². The summed E-state index contributed by atoms with van der Waals surface area (Å²) in [4.78, 5) is 5.71. The number of anilines is 1. The first-order valence-electron chi connectivity index (χ1n) is 6.32. The van der Waals surface area contributed by atoms with Crippen LogP contribution in [-0.4, -0.2) is 19.6 Å². The molecule has 0 fully saturated rings. The summed E-state index contributed by atoms with van der Waals surface area (Å²) in [5.41, 5.74) is 0.764. The molecule has 3 rings (SSSR count). The molecule has 0 saturated heterocycles. The van der Waals surface area contributed by atoms with Gasteiger partial charge in [0.1, 0.15) is 6.33 Å². The Labute approximate surface area is 115 Å². The predicted molar refractivity (Wildman–Crippen MR) is 76.4 cm³/mol. The van der Waals surface area contributed by atoms with Crippen molar-refractivity contribution in [1.82, 2.24) is 19.6 Å². The monoisotopic (exact) mass is 273 g/mol. The van der Waals surface area contributed by atoms with Gasteiger partial charge in [-0.2, -0.15) is 0 Å². The molecule has 0 amide bonds. The summed E-state index contributed by atoms with van der Waals surface area (Å²) in [6.07, 6.45) is 7.47. The van der Waals surface area contributed by atoms with Gasteiger partial charge in [0.05, 0.1) is 6.04 Å². The van der Waals surface area contributed by atoms with Crippen LogP contribution >= 0.6 is 11.3 Å². The van der Waals surface area contributed by atoms with Crippen molar-refractivity contribution in [3.05, 3.63) is 41.1 Å². The maximum Gasteiger partial charge on any atom is 0.203 e. The summed E-state index contributed by atoms with van der Waals surface area (Å²) in [6.45, 7) is 2.19. The Hall–Kier alpha value is -1.95. The van der Waals surface area contributed by atoms with Crippen molar-refractivity contribution in [3.63, 3.8) is 0 Å². The smallest absolute Gasteiger partial charge is 0.203 e. The molecule has 0 saturated carbocycles. The van der Waals surface area contributed by atoms with Crippen LogP contribution in [0.15, 0.2) is 36.2 Å². The van der Waals surface area contributed by atoms with Crippen LogP contribution in [0.4, 0.5) is 5.82 Å². The molecule has 0 aliphatic heterocycles. The zero-order valence-electron chi connectivity index (χ0n) is 10.7. The molecular formula is C13H15N5S. The lowest BCUT2D eigenvalue weighted by Gasteiger charge is -2.17. The molecule has 0 spiro atoms. The molecule has 3 heterocycles. The number of rotatable bonds is 5. The third-order valence-electron chi connectivity index (χ3n) is 2.99. The van der Waals surface area contributed by atoms with Gasteiger partial charge in [0.2, 0.25) is 5.65 Å². The van der Waals surface area contributed by atoms with E-state index in [0.717, 1.165) is 24.3 Å². The minimum Gasteiger partial charge on any atom is -0.359 e. The van der Waals surface area contributed by atoms with Crippen LogP contribution in [0.1, 0.15) is 30.7 Å². The number of nitrogens with one attached hydrogen (secondary N) is 1. The van der Waals surface area contributed by atoms with Crippen LogP contribution in [0, 0.1) is 0 Å². The van der Waals surface area contributed by atoms with Gasteiger partial charge in [-0.05, 0) is 17.9 Å². The van der Waals surface area contributed by atoms with Gasteiger partial charge in [-0.15, -0.1) is 21.5 Å². The fourth-order valence-corrected chi connectivity index (χ4v) is 2.90. The van der Waals surface area contributed by atoms with Crippen molar-refractivity contribution in [1.29, 1.82) is 0 Å². The highest BCUT2D eigenvalue weighted by atomic mass is 32.1. The molecule has 0 aliphatic rings. The summed E-state index contributed by atoms with van der Waals surface area (Å²) in [6, 6.07) is 4.51. The predicted octanol–water partition coefficient (Wildman–Crippen LogP) is 3.14. The van der Waals surface area contributed by atoms with E-state index < -0.39 is 0 Å². The summed E-state index contributed by atoms with van der Waals surface area (Å²) in [5, 5.41) is 13.6. The van der Waals surface area contributed by atoms with Crippen LogP contribution in [0.2, 0.25) is 0 Å². The third-order valence-corrected chi connectivity index (χ3v) is 3.98. The van der Waals surface area contributed by atoms with E-state index in [-0.39, 0.29) is 6.04 Å². The lowest BCUT2D eigenvalue weighted by molar-refractivity contribution is 0.684. The number of hydrogen-bond donors (Lipinski definition) is 1. The zero-order valence-corrected chi connectivity index (χ0v) is 11.5. The number of fused-ring (bicyclic) bond motifs is 1. The average molecular weight is 273 g/mol. The van der Waals surface area contributed by atoms with Crippen LogP contribution < -0.4 is 5.32 Å². The van der Waals surface area contributed by atoms with Gasteiger partial charge in [0, 0.05) is 17.3 Å². The zero-order chi connectivity index (χ0) is 13.1. The maximum absolute atomic E-state index is 4.38. The van der Waals surface area contributed by atoms with E-state index in [1.165, 1.54) is 4.88 Å². The molecular weight excluding hydrogens is 258 g/mol. The molecule has 0 bridgehead atoms. The molecule has 19 heavy (non-hydrogen) atoms. The number of aromatic nitrogens is 4. The Bertz CT molecular complexity index is 646. The number of thiophene rings is 1. The van der Waals surface area contributed by atoms with Gasteiger partial charge in [-0.1, -0.05) is 19.4 Å².